The van der Waals surface area contributed by atoms with Gasteiger partial charge in [-0.05, 0) is 19.2 Å². The third-order valence-corrected chi connectivity index (χ3v) is 4.31. The summed E-state index contributed by atoms with van der Waals surface area (Å²) in [6, 6.07) is 7.31. The summed E-state index contributed by atoms with van der Waals surface area (Å²) in [6.45, 7) is 3.40. The Labute approximate surface area is 140 Å². The largest absolute Gasteiger partial charge is 0.421 e. The lowest BCUT2D eigenvalue weighted by molar-refractivity contribution is -0.132. The van der Waals surface area contributed by atoms with E-state index in [4.69, 9.17) is 16.0 Å². The van der Waals surface area contributed by atoms with Gasteiger partial charge < -0.3 is 14.2 Å². The van der Waals surface area contributed by atoms with E-state index in [1.54, 1.807) is 6.07 Å². The van der Waals surface area contributed by atoms with Crippen LogP contribution in [0, 0.1) is 0 Å². The molecule has 0 unspecified atom stereocenters. The first kappa shape index (κ1) is 16.0. The van der Waals surface area contributed by atoms with Gasteiger partial charge in [-0.3, -0.25) is 4.79 Å². The van der Waals surface area contributed by atoms with Gasteiger partial charge in [0.15, 0.2) is 0 Å². The molecule has 2 aromatic rings. The minimum atomic E-state index is 0.135. The molecular weight excluding hydrogens is 316 g/mol. The van der Waals surface area contributed by atoms with Gasteiger partial charge in [0, 0.05) is 39.0 Å². The number of benzene rings is 1. The SMILES string of the molecule is CN1CCN(C(=O)CCc2nnc(-c3ccccc3Cl)o2)CC1. The van der Waals surface area contributed by atoms with E-state index in [-0.39, 0.29) is 5.91 Å². The van der Waals surface area contributed by atoms with Crippen molar-refractivity contribution in [2.24, 2.45) is 0 Å². The Bertz CT molecular complexity index is 680. The molecule has 1 aromatic carbocycles. The first-order valence-electron chi connectivity index (χ1n) is 7.67. The molecule has 1 aromatic heterocycles. The molecule has 23 heavy (non-hydrogen) atoms. The zero-order chi connectivity index (χ0) is 16.2. The molecule has 0 N–H and O–H groups in total. The van der Waals surface area contributed by atoms with Crippen molar-refractivity contribution in [3.05, 3.63) is 35.2 Å². The molecule has 0 aliphatic carbocycles. The van der Waals surface area contributed by atoms with Crippen LogP contribution in [0.2, 0.25) is 5.02 Å². The zero-order valence-corrected chi connectivity index (χ0v) is 13.8. The normalized spacial score (nSPS) is 15.8. The molecule has 2 heterocycles. The molecular formula is C16H19ClN4O2. The number of likely N-dealkylation sites (N-methyl/N-ethyl adjacent to an activating group) is 1. The Kier molecular flexibility index (Phi) is 4.93. The number of hydrogen-bond donors (Lipinski definition) is 0. The standard InChI is InChI=1S/C16H19ClN4O2/c1-20-8-10-21(11-9-20)15(22)7-6-14-18-19-16(23-14)12-4-2-3-5-13(12)17/h2-5H,6-11H2,1H3. The van der Waals surface area contributed by atoms with Gasteiger partial charge in [-0.15, -0.1) is 10.2 Å². The number of piperazine rings is 1. The number of halogens is 1. The Morgan fingerprint density at radius 2 is 1.96 bits per heavy atom. The topological polar surface area (TPSA) is 62.5 Å². The van der Waals surface area contributed by atoms with Crippen LogP contribution in [-0.4, -0.2) is 59.1 Å². The molecule has 1 saturated heterocycles. The van der Waals surface area contributed by atoms with E-state index in [9.17, 15) is 4.79 Å². The summed E-state index contributed by atoms with van der Waals surface area (Å²) in [6.07, 6.45) is 0.830. The predicted molar refractivity (Wildman–Crippen MR) is 87.1 cm³/mol. The van der Waals surface area contributed by atoms with Gasteiger partial charge in [-0.25, -0.2) is 0 Å². The third-order valence-electron chi connectivity index (χ3n) is 3.98. The lowest BCUT2D eigenvalue weighted by Gasteiger charge is -2.32. The summed E-state index contributed by atoms with van der Waals surface area (Å²) in [5.41, 5.74) is 0.707. The summed E-state index contributed by atoms with van der Waals surface area (Å²) >= 11 is 6.12. The number of hydrogen-bond acceptors (Lipinski definition) is 5. The maximum Gasteiger partial charge on any atom is 0.249 e. The Hall–Kier alpha value is -1.92. The molecule has 1 aliphatic rings. The van der Waals surface area contributed by atoms with E-state index < -0.39 is 0 Å². The second-order valence-corrected chi connectivity index (χ2v) is 6.07. The molecule has 0 radical (unpaired) electrons. The number of nitrogens with zero attached hydrogens (tertiary/aromatic N) is 4. The minimum Gasteiger partial charge on any atom is -0.421 e. The van der Waals surface area contributed by atoms with Crippen molar-refractivity contribution in [3.63, 3.8) is 0 Å². The molecule has 0 spiro atoms. The quantitative estimate of drug-likeness (QED) is 0.856. The molecule has 1 amide bonds. The number of aromatic nitrogens is 2. The monoisotopic (exact) mass is 334 g/mol. The summed E-state index contributed by atoms with van der Waals surface area (Å²) < 4.78 is 5.62. The van der Waals surface area contributed by atoms with Crippen LogP contribution in [-0.2, 0) is 11.2 Å². The molecule has 6 nitrogen and oxygen atoms in total. The van der Waals surface area contributed by atoms with Gasteiger partial charge >= 0.3 is 0 Å². The number of carbonyl (C=O) groups excluding carboxylic acids is 1. The molecule has 0 atom stereocenters. The van der Waals surface area contributed by atoms with E-state index in [1.165, 1.54) is 0 Å². The van der Waals surface area contributed by atoms with Gasteiger partial charge in [0.1, 0.15) is 0 Å². The molecule has 1 fully saturated rings. The number of aryl methyl sites for hydroxylation is 1. The maximum absolute atomic E-state index is 12.2. The van der Waals surface area contributed by atoms with Crippen molar-refractivity contribution in [1.29, 1.82) is 0 Å². The van der Waals surface area contributed by atoms with E-state index in [2.05, 4.69) is 22.1 Å². The van der Waals surface area contributed by atoms with Crippen molar-refractivity contribution in [2.45, 2.75) is 12.8 Å². The Morgan fingerprint density at radius 1 is 1.22 bits per heavy atom. The van der Waals surface area contributed by atoms with Gasteiger partial charge in [-0.1, -0.05) is 23.7 Å². The van der Waals surface area contributed by atoms with E-state index in [1.807, 2.05) is 23.1 Å². The van der Waals surface area contributed by atoms with Gasteiger partial charge in [-0.2, -0.15) is 0 Å². The average molecular weight is 335 g/mol. The Morgan fingerprint density at radius 3 is 2.70 bits per heavy atom. The summed E-state index contributed by atoms with van der Waals surface area (Å²) in [5.74, 6) is 0.982. The summed E-state index contributed by atoms with van der Waals surface area (Å²) in [4.78, 5) is 16.3. The molecule has 3 rings (SSSR count). The fourth-order valence-corrected chi connectivity index (χ4v) is 2.74. The number of carbonyl (C=O) groups is 1. The van der Waals surface area contributed by atoms with Crippen molar-refractivity contribution in [1.82, 2.24) is 20.0 Å². The molecule has 0 saturated carbocycles. The molecule has 0 bridgehead atoms. The lowest BCUT2D eigenvalue weighted by Crippen LogP contribution is -2.47. The van der Waals surface area contributed by atoms with E-state index >= 15 is 0 Å². The van der Waals surface area contributed by atoms with Crippen molar-refractivity contribution in [2.75, 3.05) is 33.2 Å². The molecule has 122 valence electrons. The van der Waals surface area contributed by atoms with Gasteiger partial charge in [0.05, 0.1) is 10.6 Å². The highest BCUT2D eigenvalue weighted by Crippen LogP contribution is 2.26. The number of rotatable bonds is 4. The first-order valence-corrected chi connectivity index (χ1v) is 8.05. The fraction of sp³-hybridized carbons (Fsp3) is 0.438. The predicted octanol–water partition coefficient (Wildman–Crippen LogP) is 2.10. The second-order valence-electron chi connectivity index (χ2n) is 5.66. The third kappa shape index (κ3) is 3.89. The van der Waals surface area contributed by atoms with Crippen LogP contribution in [0.5, 0.6) is 0 Å². The second kappa shape index (κ2) is 7.10. The van der Waals surface area contributed by atoms with Crippen molar-refractivity contribution >= 4 is 17.5 Å². The molecule has 7 heteroatoms. The van der Waals surface area contributed by atoms with Crippen LogP contribution in [0.1, 0.15) is 12.3 Å². The van der Waals surface area contributed by atoms with Gasteiger partial charge in [0.2, 0.25) is 17.7 Å². The van der Waals surface area contributed by atoms with Crippen LogP contribution >= 0.6 is 11.6 Å². The van der Waals surface area contributed by atoms with Crippen LogP contribution in [0.3, 0.4) is 0 Å². The average Bonchev–Trinajstić information content (AvgIpc) is 3.02. The van der Waals surface area contributed by atoms with Crippen LogP contribution in [0.25, 0.3) is 11.5 Å². The fourth-order valence-electron chi connectivity index (χ4n) is 2.53. The zero-order valence-electron chi connectivity index (χ0n) is 13.0. The van der Waals surface area contributed by atoms with Crippen LogP contribution < -0.4 is 0 Å². The Balaban J connectivity index is 1.57. The highest BCUT2D eigenvalue weighted by molar-refractivity contribution is 6.33. The first-order chi connectivity index (χ1) is 11.1. The molecule has 1 aliphatic heterocycles. The van der Waals surface area contributed by atoms with Crippen molar-refractivity contribution < 1.29 is 9.21 Å². The van der Waals surface area contributed by atoms with Gasteiger partial charge in [0.25, 0.3) is 0 Å². The highest BCUT2D eigenvalue weighted by Gasteiger charge is 2.20. The maximum atomic E-state index is 12.2. The van der Waals surface area contributed by atoms with E-state index in [0.717, 1.165) is 26.2 Å². The highest BCUT2D eigenvalue weighted by atomic mass is 35.5. The lowest BCUT2D eigenvalue weighted by atomic mass is 10.2. The smallest absolute Gasteiger partial charge is 0.249 e. The van der Waals surface area contributed by atoms with Crippen molar-refractivity contribution in [3.8, 4) is 11.5 Å². The summed E-state index contributed by atoms with van der Waals surface area (Å²) in [5, 5.41) is 8.59. The van der Waals surface area contributed by atoms with E-state index in [0.29, 0.717) is 35.2 Å². The van der Waals surface area contributed by atoms with Crippen LogP contribution in [0.4, 0.5) is 0 Å². The van der Waals surface area contributed by atoms with Crippen LogP contribution in [0.15, 0.2) is 28.7 Å². The number of amides is 1. The summed E-state index contributed by atoms with van der Waals surface area (Å²) in [7, 11) is 2.07. The minimum absolute atomic E-state index is 0.135.